The zero-order valence-electron chi connectivity index (χ0n) is 14.3. The van der Waals surface area contributed by atoms with Gasteiger partial charge in [-0.05, 0) is 69.1 Å². The quantitative estimate of drug-likeness (QED) is 0.460. The Morgan fingerprint density at radius 1 is 0.773 bits per heavy atom. The Bertz CT molecular complexity index is 339. The predicted octanol–water partition coefficient (Wildman–Crippen LogP) is 5.10. The Morgan fingerprint density at radius 2 is 1.36 bits per heavy atom. The van der Waals surface area contributed by atoms with E-state index in [0.29, 0.717) is 24.4 Å². The molecule has 4 rings (SSSR count). The molecule has 0 aromatic heterocycles. The lowest BCUT2D eigenvalue weighted by Gasteiger charge is -2.29. The molecule has 0 aromatic rings. The minimum Gasteiger partial charge on any atom is -0.370 e. The SMILES string of the molecule is CCCCCC(CC1CCC2OC2C1)CC1CCC2OC2C1. The van der Waals surface area contributed by atoms with E-state index in [1.807, 2.05) is 0 Å². The van der Waals surface area contributed by atoms with Gasteiger partial charge < -0.3 is 9.47 Å². The van der Waals surface area contributed by atoms with Crippen molar-refractivity contribution in [2.24, 2.45) is 17.8 Å². The maximum absolute atomic E-state index is 5.74. The second-order valence-electron chi connectivity index (χ2n) is 8.62. The fraction of sp³-hybridized carbons (Fsp3) is 1.00. The zero-order chi connectivity index (χ0) is 14.9. The molecule has 0 bridgehead atoms. The Balaban J connectivity index is 1.26. The standard InChI is InChI=1S/C20H34O2/c1-2-3-4-5-14(10-15-6-8-17-19(12-15)21-17)11-16-7-9-18-20(13-16)22-18/h14-20H,2-13H2,1H3. The number of fused-ring (bicyclic) bond motifs is 2. The molecule has 2 heterocycles. The van der Waals surface area contributed by atoms with Gasteiger partial charge in [-0.25, -0.2) is 0 Å². The lowest BCUT2D eigenvalue weighted by Crippen LogP contribution is -2.21. The van der Waals surface area contributed by atoms with Crippen LogP contribution in [0.25, 0.3) is 0 Å². The molecule has 0 spiro atoms. The topological polar surface area (TPSA) is 25.1 Å². The number of hydrogen-bond acceptors (Lipinski definition) is 2. The smallest absolute Gasteiger partial charge is 0.0844 e. The van der Waals surface area contributed by atoms with E-state index >= 15 is 0 Å². The van der Waals surface area contributed by atoms with Crippen LogP contribution >= 0.6 is 0 Å². The van der Waals surface area contributed by atoms with Gasteiger partial charge in [-0.1, -0.05) is 32.6 Å². The molecule has 126 valence electrons. The van der Waals surface area contributed by atoms with Crippen molar-refractivity contribution in [1.29, 1.82) is 0 Å². The Labute approximate surface area is 136 Å². The molecule has 0 amide bonds. The minimum atomic E-state index is 0.658. The number of ether oxygens (including phenoxy) is 2. The molecule has 6 atom stereocenters. The van der Waals surface area contributed by atoms with Crippen molar-refractivity contribution in [1.82, 2.24) is 0 Å². The van der Waals surface area contributed by atoms with Crippen LogP contribution in [0.15, 0.2) is 0 Å². The zero-order valence-corrected chi connectivity index (χ0v) is 14.3. The summed E-state index contributed by atoms with van der Waals surface area (Å²) >= 11 is 0. The average Bonchev–Trinajstić information content (AvgIpc) is 3.41. The lowest BCUT2D eigenvalue weighted by atomic mass is 9.75. The molecule has 2 nitrogen and oxygen atoms in total. The normalized spacial score (nSPS) is 44.0. The third-order valence-electron chi connectivity index (χ3n) is 6.77. The van der Waals surface area contributed by atoms with Crippen LogP contribution in [0, 0.1) is 17.8 Å². The summed E-state index contributed by atoms with van der Waals surface area (Å²) in [5, 5.41) is 0. The molecule has 0 N–H and O–H groups in total. The summed E-state index contributed by atoms with van der Waals surface area (Å²) in [5.41, 5.74) is 0. The van der Waals surface area contributed by atoms with E-state index in [9.17, 15) is 0 Å². The first-order chi connectivity index (χ1) is 10.8. The number of unbranched alkanes of at least 4 members (excludes halogenated alkanes) is 2. The molecule has 0 aromatic carbocycles. The summed E-state index contributed by atoms with van der Waals surface area (Å²) in [6.07, 6.45) is 19.6. The van der Waals surface area contributed by atoms with Crippen molar-refractivity contribution in [3.05, 3.63) is 0 Å². The highest BCUT2D eigenvalue weighted by atomic mass is 16.6. The summed E-state index contributed by atoms with van der Waals surface area (Å²) in [6, 6.07) is 0. The lowest BCUT2D eigenvalue weighted by molar-refractivity contribution is 0.231. The van der Waals surface area contributed by atoms with Gasteiger partial charge in [0.25, 0.3) is 0 Å². The highest BCUT2D eigenvalue weighted by Gasteiger charge is 2.45. The van der Waals surface area contributed by atoms with E-state index in [4.69, 9.17) is 9.47 Å². The number of epoxide rings is 2. The molecule has 0 radical (unpaired) electrons. The average molecular weight is 306 g/mol. The van der Waals surface area contributed by atoms with Gasteiger partial charge in [0, 0.05) is 0 Å². The van der Waals surface area contributed by atoms with Crippen LogP contribution in [0.4, 0.5) is 0 Å². The Kier molecular flexibility index (Phi) is 4.78. The van der Waals surface area contributed by atoms with Gasteiger partial charge in [0.15, 0.2) is 0 Å². The molecular weight excluding hydrogens is 272 g/mol. The second-order valence-corrected chi connectivity index (χ2v) is 8.62. The van der Waals surface area contributed by atoms with E-state index in [2.05, 4.69) is 6.92 Å². The maximum atomic E-state index is 5.74. The van der Waals surface area contributed by atoms with Crippen LogP contribution in [0.3, 0.4) is 0 Å². The van der Waals surface area contributed by atoms with Crippen LogP contribution in [0.2, 0.25) is 0 Å². The van der Waals surface area contributed by atoms with Crippen molar-refractivity contribution in [3.8, 4) is 0 Å². The van der Waals surface area contributed by atoms with Crippen LogP contribution in [0.5, 0.6) is 0 Å². The van der Waals surface area contributed by atoms with Gasteiger partial charge in [-0.2, -0.15) is 0 Å². The predicted molar refractivity (Wildman–Crippen MR) is 88.9 cm³/mol. The summed E-state index contributed by atoms with van der Waals surface area (Å²) in [7, 11) is 0. The van der Waals surface area contributed by atoms with Crippen LogP contribution in [-0.2, 0) is 9.47 Å². The first-order valence-electron chi connectivity index (χ1n) is 10.1. The minimum absolute atomic E-state index is 0.658. The fourth-order valence-electron chi connectivity index (χ4n) is 5.36. The summed E-state index contributed by atoms with van der Waals surface area (Å²) < 4.78 is 11.5. The number of hydrogen-bond donors (Lipinski definition) is 0. The molecular formula is C20H34O2. The molecule has 2 heteroatoms. The third kappa shape index (κ3) is 3.87. The van der Waals surface area contributed by atoms with E-state index < -0.39 is 0 Å². The van der Waals surface area contributed by atoms with Crippen molar-refractivity contribution in [3.63, 3.8) is 0 Å². The molecule has 4 aliphatic rings. The molecule has 6 unspecified atom stereocenters. The van der Waals surface area contributed by atoms with Crippen LogP contribution in [0.1, 0.15) is 84.0 Å². The molecule has 2 saturated carbocycles. The highest BCUT2D eigenvalue weighted by Crippen LogP contribution is 2.45. The van der Waals surface area contributed by atoms with Crippen LogP contribution in [-0.4, -0.2) is 24.4 Å². The van der Waals surface area contributed by atoms with Crippen molar-refractivity contribution < 1.29 is 9.47 Å². The van der Waals surface area contributed by atoms with Crippen molar-refractivity contribution in [2.75, 3.05) is 0 Å². The first kappa shape index (κ1) is 15.4. The molecule has 22 heavy (non-hydrogen) atoms. The largest absolute Gasteiger partial charge is 0.370 e. The number of rotatable bonds is 8. The van der Waals surface area contributed by atoms with Gasteiger partial charge in [0.05, 0.1) is 24.4 Å². The molecule has 4 fully saturated rings. The van der Waals surface area contributed by atoms with Gasteiger partial charge in [-0.3, -0.25) is 0 Å². The third-order valence-corrected chi connectivity index (χ3v) is 6.77. The summed E-state index contributed by atoms with van der Waals surface area (Å²) in [5.74, 6) is 2.90. The Morgan fingerprint density at radius 3 is 1.86 bits per heavy atom. The van der Waals surface area contributed by atoms with Crippen molar-refractivity contribution in [2.45, 2.75) is 108 Å². The van der Waals surface area contributed by atoms with Gasteiger partial charge in [0.2, 0.25) is 0 Å². The van der Waals surface area contributed by atoms with Crippen LogP contribution < -0.4 is 0 Å². The van der Waals surface area contributed by atoms with E-state index in [1.165, 1.54) is 77.0 Å². The highest BCUT2D eigenvalue weighted by molar-refractivity contribution is 4.94. The molecule has 2 aliphatic heterocycles. The second kappa shape index (κ2) is 6.81. The van der Waals surface area contributed by atoms with Gasteiger partial charge in [0.1, 0.15) is 0 Å². The van der Waals surface area contributed by atoms with Crippen molar-refractivity contribution >= 4 is 0 Å². The van der Waals surface area contributed by atoms with Gasteiger partial charge in [-0.15, -0.1) is 0 Å². The van der Waals surface area contributed by atoms with E-state index in [0.717, 1.165) is 17.8 Å². The fourth-order valence-corrected chi connectivity index (χ4v) is 5.36. The first-order valence-corrected chi connectivity index (χ1v) is 10.1. The molecule has 2 aliphatic carbocycles. The Hall–Kier alpha value is -0.0800. The van der Waals surface area contributed by atoms with Gasteiger partial charge >= 0.3 is 0 Å². The summed E-state index contributed by atoms with van der Waals surface area (Å²) in [4.78, 5) is 0. The summed E-state index contributed by atoms with van der Waals surface area (Å²) in [6.45, 7) is 2.33. The molecule has 2 saturated heterocycles. The monoisotopic (exact) mass is 306 g/mol. The maximum Gasteiger partial charge on any atom is 0.0844 e. The van der Waals surface area contributed by atoms with E-state index in [1.54, 1.807) is 0 Å². The van der Waals surface area contributed by atoms with E-state index in [-0.39, 0.29) is 0 Å².